The van der Waals surface area contributed by atoms with Gasteiger partial charge in [-0.05, 0) is 12.3 Å². The number of ether oxygens (including phenoxy) is 1. The van der Waals surface area contributed by atoms with Crippen molar-refractivity contribution in [2.75, 3.05) is 6.73 Å². The fourth-order valence-electron chi connectivity index (χ4n) is 2.11. The number of carbonyl (C=O) groups excluding carboxylic acids is 2. The molecule has 0 heterocycles. The number of hydrogen-bond acceptors (Lipinski definition) is 5. The molecule has 1 saturated carbocycles. The van der Waals surface area contributed by atoms with Crippen molar-refractivity contribution < 1.29 is 14.3 Å². The van der Waals surface area contributed by atoms with Crippen LogP contribution in [0.3, 0.4) is 0 Å². The highest BCUT2D eigenvalue weighted by atomic mass is 16.5. The Morgan fingerprint density at radius 3 is 2.75 bits per heavy atom. The van der Waals surface area contributed by atoms with Crippen LogP contribution in [0.4, 0.5) is 0 Å². The average Bonchev–Trinajstić information content (AvgIpc) is 2.30. The van der Waals surface area contributed by atoms with E-state index < -0.39 is 12.0 Å². The Bertz CT molecular complexity index is 268. The highest BCUT2D eigenvalue weighted by molar-refractivity contribution is 5.75. The zero-order valence-corrected chi connectivity index (χ0v) is 9.35. The van der Waals surface area contributed by atoms with Gasteiger partial charge in [0.1, 0.15) is 6.04 Å². The van der Waals surface area contributed by atoms with Crippen molar-refractivity contribution in [2.24, 2.45) is 16.6 Å². The van der Waals surface area contributed by atoms with Crippen molar-refractivity contribution in [1.82, 2.24) is 0 Å². The van der Waals surface area contributed by atoms with E-state index in [-0.39, 0.29) is 6.73 Å². The molecule has 1 rings (SSSR count). The van der Waals surface area contributed by atoms with Crippen LogP contribution < -0.4 is 5.73 Å². The highest BCUT2D eigenvalue weighted by Crippen LogP contribution is 2.27. The topological polar surface area (TPSA) is 81.8 Å². The van der Waals surface area contributed by atoms with E-state index in [2.05, 4.69) is 4.99 Å². The Kier molecular flexibility index (Phi) is 5.75. The molecule has 0 aromatic carbocycles. The summed E-state index contributed by atoms with van der Waals surface area (Å²) in [5, 5.41) is 0. The Labute approximate surface area is 95.1 Å². The number of isocyanates is 1. The number of aliphatic imine (C=N–C) groups is 1. The third-order valence-electron chi connectivity index (χ3n) is 2.95. The van der Waals surface area contributed by atoms with Gasteiger partial charge in [-0.3, -0.25) is 4.79 Å². The van der Waals surface area contributed by atoms with Gasteiger partial charge in [-0.1, -0.05) is 32.1 Å². The van der Waals surface area contributed by atoms with E-state index in [1.165, 1.54) is 25.3 Å². The molecule has 16 heavy (non-hydrogen) atoms. The molecule has 0 saturated heterocycles. The summed E-state index contributed by atoms with van der Waals surface area (Å²) in [6.07, 6.45) is 7.99. The second-order valence-corrected chi connectivity index (χ2v) is 4.19. The molecule has 1 unspecified atom stereocenters. The number of nitrogens with zero attached hydrogens (tertiary/aromatic N) is 1. The van der Waals surface area contributed by atoms with Crippen molar-refractivity contribution in [2.45, 2.75) is 44.6 Å². The molecule has 5 nitrogen and oxygen atoms in total. The Balaban J connectivity index is 2.24. The van der Waals surface area contributed by atoms with Crippen molar-refractivity contribution in [1.29, 1.82) is 0 Å². The Morgan fingerprint density at radius 1 is 1.44 bits per heavy atom. The normalized spacial score (nSPS) is 18.6. The van der Waals surface area contributed by atoms with Crippen molar-refractivity contribution in [3.8, 4) is 0 Å². The van der Waals surface area contributed by atoms with Crippen LogP contribution in [0.25, 0.3) is 0 Å². The predicted octanol–water partition coefficient (Wildman–Crippen LogP) is 1.12. The van der Waals surface area contributed by atoms with Crippen LogP contribution in [0, 0.1) is 5.92 Å². The van der Waals surface area contributed by atoms with Gasteiger partial charge in [-0.15, -0.1) is 0 Å². The summed E-state index contributed by atoms with van der Waals surface area (Å²) in [5.74, 6) is 0.0513. The molecule has 1 fully saturated rings. The molecule has 0 aromatic heterocycles. The van der Waals surface area contributed by atoms with Crippen LogP contribution in [0.1, 0.15) is 38.5 Å². The SMILES string of the molecule is NC(CC1CCCCC1)C(=O)OCN=C=O. The molecular weight excluding hydrogens is 208 g/mol. The quantitative estimate of drug-likeness (QED) is 0.432. The van der Waals surface area contributed by atoms with Gasteiger partial charge < -0.3 is 10.5 Å². The first-order chi connectivity index (χ1) is 7.74. The predicted molar refractivity (Wildman–Crippen MR) is 58.2 cm³/mol. The molecule has 0 bridgehead atoms. The number of carbonyl (C=O) groups is 1. The monoisotopic (exact) mass is 226 g/mol. The van der Waals surface area contributed by atoms with Crippen LogP contribution >= 0.6 is 0 Å². The van der Waals surface area contributed by atoms with Gasteiger partial charge in [0.05, 0.1) is 0 Å². The van der Waals surface area contributed by atoms with Crippen molar-refractivity contribution in [3.63, 3.8) is 0 Å². The molecule has 0 aliphatic heterocycles. The lowest BCUT2D eigenvalue weighted by molar-refractivity contribution is -0.145. The summed E-state index contributed by atoms with van der Waals surface area (Å²) in [6, 6.07) is -0.593. The van der Waals surface area contributed by atoms with Crippen molar-refractivity contribution >= 4 is 12.0 Å². The maximum atomic E-state index is 11.4. The summed E-state index contributed by atoms with van der Waals surface area (Å²) in [5.41, 5.74) is 5.72. The van der Waals surface area contributed by atoms with E-state index in [1.807, 2.05) is 0 Å². The van der Waals surface area contributed by atoms with Crippen LogP contribution in [-0.2, 0) is 14.3 Å². The van der Waals surface area contributed by atoms with E-state index in [1.54, 1.807) is 0 Å². The second-order valence-electron chi connectivity index (χ2n) is 4.19. The van der Waals surface area contributed by atoms with Crippen LogP contribution in [0.5, 0.6) is 0 Å². The third kappa shape index (κ3) is 4.55. The molecule has 2 N–H and O–H groups in total. The van der Waals surface area contributed by atoms with E-state index in [4.69, 9.17) is 10.5 Å². The smallest absolute Gasteiger partial charge is 0.324 e. The molecule has 0 amide bonds. The van der Waals surface area contributed by atoms with Gasteiger partial charge in [0.15, 0.2) is 6.73 Å². The zero-order valence-electron chi connectivity index (χ0n) is 9.35. The van der Waals surface area contributed by atoms with Crippen molar-refractivity contribution in [3.05, 3.63) is 0 Å². The lowest BCUT2D eigenvalue weighted by atomic mass is 9.85. The first kappa shape index (κ1) is 12.9. The lowest BCUT2D eigenvalue weighted by Gasteiger charge is -2.23. The number of rotatable bonds is 5. The van der Waals surface area contributed by atoms with E-state index in [0.29, 0.717) is 12.3 Å². The van der Waals surface area contributed by atoms with Crippen LogP contribution in [0.2, 0.25) is 0 Å². The average molecular weight is 226 g/mol. The molecule has 90 valence electrons. The summed E-state index contributed by atoms with van der Waals surface area (Å²) in [6.45, 7) is -0.277. The third-order valence-corrected chi connectivity index (χ3v) is 2.95. The molecule has 5 heteroatoms. The first-order valence-corrected chi connectivity index (χ1v) is 5.70. The number of hydrogen-bond donors (Lipinski definition) is 1. The maximum Gasteiger partial charge on any atom is 0.324 e. The molecule has 0 aromatic rings. The minimum absolute atomic E-state index is 0.277. The van der Waals surface area contributed by atoms with E-state index in [9.17, 15) is 9.59 Å². The van der Waals surface area contributed by atoms with Gasteiger partial charge in [-0.25, -0.2) is 4.79 Å². The largest absolute Gasteiger partial charge is 0.440 e. The molecule has 1 aliphatic rings. The second kappa shape index (κ2) is 7.14. The van der Waals surface area contributed by atoms with Gasteiger partial charge in [0.25, 0.3) is 0 Å². The molecule has 1 aliphatic carbocycles. The summed E-state index contributed by atoms with van der Waals surface area (Å²) >= 11 is 0. The van der Waals surface area contributed by atoms with Gasteiger partial charge in [-0.2, -0.15) is 4.99 Å². The zero-order chi connectivity index (χ0) is 11.8. The Morgan fingerprint density at radius 2 is 2.12 bits per heavy atom. The first-order valence-electron chi connectivity index (χ1n) is 5.70. The lowest BCUT2D eigenvalue weighted by Crippen LogP contribution is -2.34. The fraction of sp³-hybridized carbons (Fsp3) is 0.818. The van der Waals surface area contributed by atoms with E-state index >= 15 is 0 Å². The molecule has 1 atom stereocenters. The maximum absolute atomic E-state index is 11.4. The molecule has 0 radical (unpaired) electrons. The van der Waals surface area contributed by atoms with Crippen LogP contribution in [-0.4, -0.2) is 24.8 Å². The highest BCUT2D eigenvalue weighted by Gasteiger charge is 2.22. The molecular formula is C11H18N2O3. The summed E-state index contributed by atoms with van der Waals surface area (Å²) in [7, 11) is 0. The summed E-state index contributed by atoms with van der Waals surface area (Å²) in [4.78, 5) is 24.3. The van der Waals surface area contributed by atoms with Gasteiger partial charge >= 0.3 is 5.97 Å². The minimum Gasteiger partial charge on any atom is -0.440 e. The number of nitrogens with two attached hydrogens (primary N) is 1. The van der Waals surface area contributed by atoms with E-state index in [0.717, 1.165) is 12.8 Å². The summed E-state index contributed by atoms with van der Waals surface area (Å²) < 4.78 is 4.69. The minimum atomic E-state index is -0.593. The standard InChI is InChI=1S/C11H18N2O3/c12-10(11(15)16-8-13-7-14)6-9-4-2-1-3-5-9/h9-10H,1-6,8,12H2. The van der Waals surface area contributed by atoms with Gasteiger partial charge in [0, 0.05) is 0 Å². The Hall–Kier alpha value is -1.19. The molecule has 0 spiro atoms. The fourth-order valence-corrected chi connectivity index (χ4v) is 2.11. The van der Waals surface area contributed by atoms with Gasteiger partial charge in [0.2, 0.25) is 6.08 Å². The van der Waals surface area contributed by atoms with Crippen LogP contribution in [0.15, 0.2) is 4.99 Å². The number of esters is 1.